The number of hydrogen-bond donors (Lipinski definition) is 1. The third-order valence-electron chi connectivity index (χ3n) is 4.55. The van der Waals surface area contributed by atoms with Crippen LogP contribution in [0.25, 0.3) is 5.69 Å². The first-order valence-electron chi connectivity index (χ1n) is 9.37. The Morgan fingerprint density at radius 2 is 1.80 bits per heavy atom. The third kappa shape index (κ3) is 4.81. The normalized spacial score (nSPS) is 12.7. The molecule has 1 aromatic carbocycles. The maximum Gasteiger partial charge on any atom is 0.332 e. The largest absolute Gasteiger partial charge is 0.466 e. The van der Waals surface area contributed by atoms with E-state index in [1.54, 1.807) is 49.8 Å². The average Bonchev–Trinajstić information content (AvgIpc) is 2.92. The van der Waals surface area contributed by atoms with Crippen molar-refractivity contribution >= 4 is 34.3 Å². The number of amides is 1. The number of nitrogens with zero attached hydrogens (tertiary/aromatic N) is 2. The van der Waals surface area contributed by atoms with E-state index in [4.69, 9.17) is 9.47 Å². The van der Waals surface area contributed by atoms with E-state index < -0.39 is 23.9 Å². The van der Waals surface area contributed by atoms with E-state index in [1.165, 1.54) is 4.68 Å². The van der Waals surface area contributed by atoms with Crippen LogP contribution in [0.2, 0.25) is 0 Å². The van der Waals surface area contributed by atoms with Gasteiger partial charge in [0.2, 0.25) is 6.41 Å². The lowest BCUT2D eigenvalue weighted by Crippen LogP contribution is -2.56. The van der Waals surface area contributed by atoms with Gasteiger partial charge < -0.3 is 14.8 Å². The van der Waals surface area contributed by atoms with Crippen LogP contribution >= 0.6 is 15.9 Å². The van der Waals surface area contributed by atoms with E-state index >= 15 is 0 Å². The fourth-order valence-electron chi connectivity index (χ4n) is 3.16. The van der Waals surface area contributed by atoms with Crippen LogP contribution in [0.4, 0.5) is 0 Å². The van der Waals surface area contributed by atoms with Gasteiger partial charge in [-0.2, -0.15) is 0 Å². The summed E-state index contributed by atoms with van der Waals surface area (Å²) in [6.07, 6.45) is -0.290. The van der Waals surface area contributed by atoms with Gasteiger partial charge in [-0.3, -0.25) is 19.1 Å². The Kier molecular flexibility index (Phi) is 7.99. The summed E-state index contributed by atoms with van der Waals surface area (Å²) in [4.78, 5) is 49.3. The zero-order chi connectivity index (χ0) is 22.3. The van der Waals surface area contributed by atoms with Gasteiger partial charge in [0.05, 0.1) is 31.0 Å². The number of hydrogen-bond acceptors (Lipinski definition) is 6. The Bertz CT molecular complexity index is 969. The van der Waals surface area contributed by atoms with Crippen molar-refractivity contribution in [2.75, 3.05) is 13.2 Å². The second-order valence-electron chi connectivity index (χ2n) is 6.46. The van der Waals surface area contributed by atoms with E-state index in [1.807, 2.05) is 6.07 Å². The molecule has 30 heavy (non-hydrogen) atoms. The summed E-state index contributed by atoms with van der Waals surface area (Å²) in [5, 5.41) is 2.44. The molecule has 1 atom stereocenters. The van der Waals surface area contributed by atoms with Crippen LogP contribution in [0, 0.1) is 0 Å². The monoisotopic (exact) mass is 481 g/mol. The molecule has 1 heterocycles. The van der Waals surface area contributed by atoms with Gasteiger partial charge in [0.15, 0.2) is 5.54 Å². The Labute approximate surface area is 182 Å². The molecule has 0 aliphatic rings. The number of para-hydroxylation sites is 1. The summed E-state index contributed by atoms with van der Waals surface area (Å²) in [6.45, 7) is 3.42. The van der Waals surface area contributed by atoms with Crippen molar-refractivity contribution in [1.82, 2.24) is 14.7 Å². The van der Waals surface area contributed by atoms with Gasteiger partial charge in [-0.05, 0) is 41.9 Å². The number of carbonyl (C=O) groups is 3. The molecular weight excluding hydrogens is 458 g/mol. The van der Waals surface area contributed by atoms with Crippen LogP contribution in [0.5, 0.6) is 0 Å². The van der Waals surface area contributed by atoms with Crippen LogP contribution in [-0.2, 0) is 37.3 Å². The molecule has 1 unspecified atom stereocenters. The number of halogens is 1. The lowest BCUT2D eigenvalue weighted by atomic mass is 9.89. The number of rotatable bonds is 10. The van der Waals surface area contributed by atoms with Crippen molar-refractivity contribution in [1.29, 1.82) is 0 Å². The molecule has 1 N–H and O–H groups in total. The van der Waals surface area contributed by atoms with E-state index in [-0.39, 0.29) is 29.7 Å². The van der Waals surface area contributed by atoms with Crippen LogP contribution in [-0.4, -0.2) is 46.5 Å². The summed E-state index contributed by atoms with van der Waals surface area (Å²) in [5.74, 6) is -1.47. The highest BCUT2D eigenvalue weighted by atomic mass is 79.9. The summed E-state index contributed by atoms with van der Waals surface area (Å²) in [7, 11) is 1.65. The predicted octanol–water partition coefficient (Wildman–Crippen LogP) is 1.48. The summed E-state index contributed by atoms with van der Waals surface area (Å²) in [5.41, 5.74) is -1.07. The molecule has 162 valence electrons. The van der Waals surface area contributed by atoms with E-state index in [0.717, 1.165) is 0 Å². The highest BCUT2D eigenvalue weighted by Gasteiger charge is 2.44. The first-order chi connectivity index (χ1) is 14.3. The van der Waals surface area contributed by atoms with Crippen LogP contribution in [0.15, 0.2) is 39.6 Å². The number of carbonyl (C=O) groups excluding carboxylic acids is 3. The van der Waals surface area contributed by atoms with E-state index in [0.29, 0.717) is 17.8 Å². The van der Waals surface area contributed by atoms with Gasteiger partial charge in [-0.1, -0.05) is 18.2 Å². The third-order valence-corrected chi connectivity index (χ3v) is 5.34. The quantitative estimate of drug-likeness (QED) is 0.406. The van der Waals surface area contributed by atoms with E-state index in [2.05, 4.69) is 21.2 Å². The van der Waals surface area contributed by atoms with Crippen LogP contribution in [0.1, 0.15) is 26.0 Å². The molecule has 2 rings (SSSR count). The van der Waals surface area contributed by atoms with Gasteiger partial charge in [-0.15, -0.1) is 0 Å². The minimum Gasteiger partial charge on any atom is -0.466 e. The van der Waals surface area contributed by atoms with Crippen molar-refractivity contribution in [3.05, 3.63) is 50.9 Å². The minimum atomic E-state index is -1.74. The zero-order valence-electron chi connectivity index (χ0n) is 17.0. The minimum absolute atomic E-state index is 0.0507. The molecule has 1 aromatic heterocycles. The Morgan fingerprint density at radius 1 is 1.17 bits per heavy atom. The molecule has 0 spiro atoms. The molecule has 0 aliphatic carbocycles. The van der Waals surface area contributed by atoms with Crippen LogP contribution < -0.4 is 10.9 Å². The van der Waals surface area contributed by atoms with Crippen molar-refractivity contribution in [2.24, 2.45) is 7.05 Å². The Morgan fingerprint density at radius 3 is 2.37 bits per heavy atom. The Balaban J connectivity index is 2.59. The fourth-order valence-corrected chi connectivity index (χ4v) is 3.73. The van der Waals surface area contributed by atoms with Gasteiger partial charge >= 0.3 is 11.9 Å². The number of ether oxygens (including phenoxy) is 2. The van der Waals surface area contributed by atoms with Gasteiger partial charge in [0.1, 0.15) is 4.47 Å². The van der Waals surface area contributed by atoms with Crippen molar-refractivity contribution in [3.63, 3.8) is 0 Å². The summed E-state index contributed by atoms with van der Waals surface area (Å²) in [6, 6.07) is 8.93. The molecule has 0 aliphatic heterocycles. The molecule has 9 nitrogen and oxygen atoms in total. The maximum atomic E-state index is 12.9. The lowest BCUT2D eigenvalue weighted by Gasteiger charge is -2.30. The number of aromatic nitrogens is 2. The first kappa shape index (κ1) is 23.4. The molecule has 1 amide bonds. The van der Waals surface area contributed by atoms with Gasteiger partial charge in [0.25, 0.3) is 5.56 Å². The highest BCUT2D eigenvalue weighted by Crippen LogP contribution is 2.25. The number of benzene rings is 1. The molecule has 0 saturated heterocycles. The fraction of sp³-hybridized carbons (Fsp3) is 0.400. The average molecular weight is 482 g/mol. The zero-order valence-corrected chi connectivity index (χ0v) is 18.6. The molecule has 0 fully saturated rings. The summed E-state index contributed by atoms with van der Waals surface area (Å²) >= 11 is 3.30. The SMILES string of the molecule is CCOC(=O)CC(Cc1c(Br)c(=O)n(-c2ccccc2)n1C)(NC=O)C(=O)OCC. The van der Waals surface area contributed by atoms with Crippen LogP contribution in [0.3, 0.4) is 0 Å². The lowest BCUT2D eigenvalue weighted by molar-refractivity contribution is -0.158. The maximum absolute atomic E-state index is 12.9. The van der Waals surface area contributed by atoms with Crippen molar-refractivity contribution < 1.29 is 23.9 Å². The molecule has 0 radical (unpaired) electrons. The van der Waals surface area contributed by atoms with Gasteiger partial charge in [0, 0.05) is 13.5 Å². The predicted molar refractivity (Wildman–Crippen MR) is 112 cm³/mol. The second-order valence-corrected chi connectivity index (χ2v) is 7.25. The smallest absolute Gasteiger partial charge is 0.332 e. The summed E-state index contributed by atoms with van der Waals surface area (Å²) < 4.78 is 13.3. The second kappa shape index (κ2) is 10.2. The molecule has 0 saturated carbocycles. The standard InChI is InChI=1S/C20H24BrN3O6/c1-4-29-16(26)12-20(22-13-25,19(28)30-5-2)11-15-17(21)18(27)24(23(15)3)14-9-7-6-8-10-14/h6-10,13H,4-5,11-12H2,1-3H3,(H,22,25). The van der Waals surface area contributed by atoms with Crippen molar-refractivity contribution in [2.45, 2.75) is 32.2 Å². The first-order valence-corrected chi connectivity index (χ1v) is 10.2. The van der Waals surface area contributed by atoms with Gasteiger partial charge in [-0.25, -0.2) is 9.48 Å². The highest BCUT2D eigenvalue weighted by molar-refractivity contribution is 9.10. The number of esters is 2. The molecule has 10 heteroatoms. The Hall–Kier alpha value is -2.88. The molecule has 0 bridgehead atoms. The van der Waals surface area contributed by atoms with E-state index in [9.17, 15) is 19.2 Å². The number of nitrogens with one attached hydrogen (secondary N) is 1. The van der Waals surface area contributed by atoms with Crippen molar-refractivity contribution in [3.8, 4) is 5.69 Å². The topological polar surface area (TPSA) is 109 Å². The molecular formula is C20H24BrN3O6. The molecule has 2 aromatic rings.